The molecule has 2 aliphatic rings. The van der Waals surface area contributed by atoms with Crippen LogP contribution in [-0.2, 0) is 11.3 Å². The Morgan fingerprint density at radius 1 is 1.17 bits per heavy atom. The third-order valence-electron chi connectivity index (χ3n) is 5.50. The molecule has 0 N–H and O–H groups in total. The van der Waals surface area contributed by atoms with Crippen molar-refractivity contribution in [2.24, 2.45) is 5.92 Å². The molecule has 2 fully saturated rings. The number of benzene rings is 1. The Morgan fingerprint density at radius 2 is 1.86 bits per heavy atom. The molecule has 1 aromatic carbocycles. The van der Waals surface area contributed by atoms with Gasteiger partial charge < -0.3 is 14.5 Å². The lowest BCUT2D eigenvalue weighted by atomic mass is 10.1. The second-order valence-corrected chi connectivity index (χ2v) is 9.02. The third-order valence-corrected chi connectivity index (χ3v) is 6.32. The van der Waals surface area contributed by atoms with Crippen molar-refractivity contribution in [3.8, 4) is 5.75 Å². The van der Waals surface area contributed by atoms with Crippen molar-refractivity contribution in [1.29, 1.82) is 0 Å². The largest absolute Gasteiger partial charge is 0.490 e. The monoisotopic (exact) mass is 413 g/mol. The number of likely N-dealkylation sites (tertiary alicyclic amines) is 1. The van der Waals surface area contributed by atoms with Crippen molar-refractivity contribution in [2.75, 3.05) is 20.1 Å². The number of nitrogens with zero attached hydrogens (tertiary/aromatic N) is 3. The maximum absolute atomic E-state index is 12.6. The first-order chi connectivity index (χ1) is 14.0. The molecule has 0 spiro atoms. The zero-order chi connectivity index (χ0) is 20.4. The van der Waals surface area contributed by atoms with Gasteiger partial charge in [-0.2, -0.15) is 0 Å². The van der Waals surface area contributed by atoms with E-state index in [1.54, 1.807) is 23.3 Å². The van der Waals surface area contributed by atoms with Crippen LogP contribution in [0.25, 0.3) is 0 Å². The number of aryl methyl sites for hydroxylation is 1. The summed E-state index contributed by atoms with van der Waals surface area (Å²) in [6.07, 6.45) is 3.94. The molecule has 0 atom stereocenters. The van der Waals surface area contributed by atoms with Gasteiger partial charge in [0.1, 0.15) is 11.9 Å². The summed E-state index contributed by atoms with van der Waals surface area (Å²) in [7, 11) is 1.79. The van der Waals surface area contributed by atoms with Gasteiger partial charge in [-0.1, -0.05) is 0 Å². The first-order valence-electron chi connectivity index (χ1n) is 10.2. The van der Waals surface area contributed by atoms with E-state index < -0.39 is 0 Å². The van der Waals surface area contributed by atoms with Crippen LogP contribution in [0.2, 0.25) is 0 Å². The molecule has 29 heavy (non-hydrogen) atoms. The first-order valence-corrected chi connectivity index (χ1v) is 11.1. The summed E-state index contributed by atoms with van der Waals surface area (Å²) in [6.45, 7) is 4.01. The van der Waals surface area contributed by atoms with Gasteiger partial charge in [0.15, 0.2) is 0 Å². The van der Waals surface area contributed by atoms with Gasteiger partial charge in [-0.15, -0.1) is 11.3 Å². The van der Waals surface area contributed by atoms with Gasteiger partial charge in [-0.25, -0.2) is 4.98 Å². The molecule has 2 aromatic rings. The Balaban J connectivity index is 1.27. The predicted molar refractivity (Wildman–Crippen MR) is 112 cm³/mol. The van der Waals surface area contributed by atoms with Crippen LogP contribution in [0, 0.1) is 12.8 Å². The molecule has 1 saturated heterocycles. The van der Waals surface area contributed by atoms with Crippen molar-refractivity contribution >= 4 is 23.2 Å². The smallest absolute Gasteiger partial charge is 0.253 e. The first kappa shape index (κ1) is 19.9. The quantitative estimate of drug-likeness (QED) is 0.727. The number of rotatable bonds is 6. The fourth-order valence-corrected chi connectivity index (χ4v) is 4.27. The number of piperidine rings is 1. The van der Waals surface area contributed by atoms with Gasteiger partial charge in [-0.05, 0) is 44.0 Å². The highest BCUT2D eigenvalue weighted by atomic mass is 32.1. The zero-order valence-electron chi connectivity index (χ0n) is 17.0. The van der Waals surface area contributed by atoms with Crippen LogP contribution in [0.1, 0.15) is 46.7 Å². The Bertz CT molecular complexity index is 868. The Morgan fingerprint density at radius 3 is 2.45 bits per heavy atom. The number of ether oxygens (including phenoxy) is 1. The van der Waals surface area contributed by atoms with Crippen molar-refractivity contribution in [2.45, 2.75) is 45.3 Å². The average Bonchev–Trinajstić information content (AvgIpc) is 3.50. The number of thiazole rings is 1. The van der Waals surface area contributed by atoms with Crippen LogP contribution < -0.4 is 4.74 Å². The molecule has 7 heteroatoms. The number of carbonyl (C=O) groups excluding carboxylic acids is 2. The van der Waals surface area contributed by atoms with E-state index in [2.05, 4.69) is 4.98 Å². The third kappa shape index (κ3) is 4.96. The van der Waals surface area contributed by atoms with Gasteiger partial charge in [0.2, 0.25) is 5.91 Å². The highest BCUT2D eigenvalue weighted by Crippen LogP contribution is 2.32. The lowest BCUT2D eigenvalue weighted by molar-refractivity contribution is -0.134. The van der Waals surface area contributed by atoms with E-state index in [9.17, 15) is 9.59 Å². The fourth-order valence-electron chi connectivity index (χ4n) is 3.67. The van der Waals surface area contributed by atoms with Crippen molar-refractivity contribution in [1.82, 2.24) is 14.8 Å². The lowest BCUT2D eigenvalue weighted by Gasteiger charge is -2.32. The normalized spacial score (nSPS) is 17.2. The number of aromatic nitrogens is 1. The number of hydrogen-bond donors (Lipinski definition) is 0. The molecule has 0 unspecified atom stereocenters. The van der Waals surface area contributed by atoms with Gasteiger partial charge in [0.05, 0.1) is 17.2 Å². The molecule has 1 saturated carbocycles. The number of amides is 2. The van der Waals surface area contributed by atoms with Crippen LogP contribution in [0.15, 0.2) is 29.6 Å². The van der Waals surface area contributed by atoms with Crippen molar-refractivity contribution in [3.63, 3.8) is 0 Å². The highest BCUT2D eigenvalue weighted by molar-refractivity contribution is 7.09. The molecule has 1 aliphatic carbocycles. The lowest BCUT2D eigenvalue weighted by Crippen LogP contribution is -2.42. The van der Waals surface area contributed by atoms with Gasteiger partial charge in [0, 0.05) is 49.8 Å². The standard InChI is InChI=1S/C22H27N3O3S/c1-15-23-18(14-29-15)13-24(2)21(26)16-5-7-19(8-6-16)28-20-9-11-25(12-10-20)22(27)17-3-4-17/h5-8,14,17,20H,3-4,9-13H2,1-2H3. The predicted octanol–water partition coefficient (Wildman–Crippen LogP) is 3.50. The molecule has 4 rings (SSSR count). The van der Waals surface area contributed by atoms with E-state index in [1.165, 1.54) is 0 Å². The number of hydrogen-bond acceptors (Lipinski definition) is 5. The van der Waals surface area contributed by atoms with Gasteiger partial charge in [-0.3, -0.25) is 9.59 Å². The summed E-state index contributed by atoms with van der Waals surface area (Å²) >= 11 is 1.59. The molecular weight excluding hydrogens is 386 g/mol. The second-order valence-electron chi connectivity index (χ2n) is 7.96. The SMILES string of the molecule is Cc1nc(CN(C)C(=O)c2ccc(OC3CCN(C(=O)C4CC4)CC3)cc2)cs1. The van der Waals surface area contributed by atoms with E-state index in [4.69, 9.17) is 4.74 Å². The molecule has 0 bridgehead atoms. The summed E-state index contributed by atoms with van der Waals surface area (Å²) in [5, 5.41) is 2.99. The van der Waals surface area contributed by atoms with Crippen LogP contribution in [-0.4, -0.2) is 52.8 Å². The van der Waals surface area contributed by atoms with E-state index in [0.717, 1.165) is 55.2 Å². The summed E-state index contributed by atoms with van der Waals surface area (Å²) in [6, 6.07) is 7.34. The molecule has 0 radical (unpaired) electrons. The molecule has 6 nitrogen and oxygen atoms in total. The van der Waals surface area contributed by atoms with Crippen molar-refractivity contribution < 1.29 is 14.3 Å². The van der Waals surface area contributed by atoms with E-state index in [0.29, 0.717) is 18.0 Å². The molecule has 2 amide bonds. The summed E-state index contributed by atoms with van der Waals surface area (Å²) in [5.41, 5.74) is 1.55. The van der Waals surface area contributed by atoms with E-state index in [1.807, 2.05) is 41.5 Å². The van der Waals surface area contributed by atoms with Crippen LogP contribution in [0.5, 0.6) is 5.75 Å². The summed E-state index contributed by atoms with van der Waals surface area (Å²) in [4.78, 5) is 32.9. The minimum absolute atomic E-state index is 0.0332. The topological polar surface area (TPSA) is 62.7 Å². The van der Waals surface area contributed by atoms with Gasteiger partial charge >= 0.3 is 0 Å². The second kappa shape index (κ2) is 8.53. The highest BCUT2D eigenvalue weighted by Gasteiger charge is 2.35. The minimum Gasteiger partial charge on any atom is -0.490 e. The van der Waals surface area contributed by atoms with E-state index in [-0.39, 0.29) is 17.9 Å². The Labute approximate surface area is 175 Å². The zero-order valence-corrected chi connectivity index (χ0v) is 17.8. The molecule has 1 aliphatic heterocycles. The maximum Gasteiger partial charge on any atom is 0.253 e. The summed E-state index contributed by atoms with van der Waals surface area (Å²) in [5.74, 6) is 1.35. The Hall–Kier alpha value is -2.41. The molecule has 1 aromatic heterocycles. The number of carbonyl (C=O) groups is 2. The Kier molecular flexibility index (Phi) is 5.85. The van der Waals surface area contributed by atoms with E-state index >= 15 is 0 Å². The van der Waals surface area contributed by atoms with Crippen LogP contribution in [0.3, 0.4) is 0 Å². The van der Waals surface area contributed by atoms with Crippen molar-refractivity contribution in [3.05, 3.63) is 45.9 Å². The average molecular weight is 414 g/mol. The van der Waals surface area contributed by atoms with Crippen LogP contribution in [0.4, 0.5) is 0 Å². The molecule has 154 valence electrons. The van der Waals surface area contributed by atoms with Gasteiger partial charge in [0.25, 0.3) is 5.91 Å². The molecular formula is C22H27N3O3S. The summed E-state index contributed by atoms with van der Waals surface area (Å²) < 4.78 is 6.08. The maximum atomic E-state index is 12.6. The fraction of sp³-hybridized carbons (Fsp3) is 0.500. The van der Waals surface area contributed by atoms with Crippen LogP contribution >= 0.6 is 11.3 Å². The minimum atomic E-state index is -0.0332. The molecule has 2 heterocycles.